The van der Waals surface area contributed by atoms with Gasteiger partial charge >= 0.3 is 0 Å². The highest BCUT2D eigenvalue weighted by atomic mass is 16.2. The molecule has 5 heteroatoms. The van der Waals surface area contributed by atoms with Crippen molar-refractivity contribution in [2.75, 3.05) is 33.2 Å². The Kier molecular flexibility index (Phi) is 5.77. The van der Waals surface area contributed by atoms with E-state index in [-0.39, 0.29) is 17.7 Å². The maximum Gasteiger partial charge on any atom is 0.251 e. The van der Waals surface area contributed by atoms with Crippen LogP contribution in [0, 0.1) is 12.8 Å². The van der Waals surface area contributed by atoms with E-state index < -0.39 is 6.04 Å². The summed E-state index contributed by atoms with van der Waals surface area (Å²) in [6, 6.07) is 6.95. The molecule has 23 heavy (non-hydrogen) atoms. The molecular weight excluding hydrogens is 290 g/mol. The minimum Gasteiger partial charge on any atom is -0.340 e. The van der Waals surface area contributed by atoms with E-state index in [9.17, 15) is 9.59 Å². The fraction of sp³-hybridized carbons (Fsp3) is 0.556. The average molecular weight is 317 g/mol. The molecule has 1 aliphatic heterocycles. The van der Waals surface area contributed by atoms with E-state index in [1.807, 2.05) is 43.9 Å². The van der Waals surface area contributed by atoms with Gasteiger partial charge in [-0.25, -0.2) is 0 Å². The van der Waals surface area contributed by atoms with Crippen molar-refractivity contribution in [3.8, 4) is 0 Å². The number of piperazine rings is 1. The van der Waals surface area contributed by atoms with Crippen molar-refractivity contribution < 1.29 is 9.59 Å². The molecular formula is C18H27N3O2. The molecule has 5 nitrogen and oxygen atoms in total. The van der Waals surface area contributed by atoms with E-state index in [1.54, 1.807) is 6.07 Å². The summed E-state index contributed by atoms with van der Waals surface area (Å²) >= 11 is 0. The van der Waals surface area contributed by atoms with Crippen LogP contribution in [0.5, 0.6) is 0 Å². The number of carbonyl (C=O) groups excluding carboxylic acids is 2. The number of aryl methyl sites for hydroxylation is 1. The first-order chi connectivity index (χ1) is 10.9. The first-order valence-corrected chi connectivity index (χ1v) is 8.23. The molecule has 1 N–H and O–H groups in total. The largest absolute Gasteiger partial charge is 0.340 e. The summed E-state index contributed by atoms with van der Waals surface area (Å²) in [5.74, 6) is -0.111. The Labute approximate surface area is 138 Å². The fourth-order valence-corrected chi connectivity index (χ4v) is 2.75. The van der Waals surface area contributed by atoms with Gasteiger partial charge in [0.1, 0.15) is 6.04 Å². The van der Waals surface area contributed by atoms with Crippen LogP contribution in [-0.2, 0) is 4.79 Å². The number of benzene rings is 1. The van der Waals surface area contributed by atoms with Crippen LogP contribution in [0.4, 0.5) is 0 Å². The summed E-state index contributed by atoms with van der Waals surface area (Å²) in [6.07, 6.45) is 0. The van der Waals surface area contributed by atoms with Crippen molar-refractivity contribution in [1.82, 2.24) is 15.1 Å². The third-order valence-electron chi connectivity index (χ3n) is 4.31. The third kappa shape index (κ3) is 4.55. The fourth-order valence-electron chi connectivity index (χ4n) is 2.75. The maximum absolute atomic E-state index is 12.8. The molecule has 1 atom stereocenters. The Balaban J connectivity index is 2.06. The van der Waals surface area contributed by atoms with Gasteiger partial charge in [-0.05, 0) is 32.0 Å². The van der Waals surface area contributed by atoms with Crippen LogP contribution >= 0.6 is 0 Å². The van der Waals surface area contributed by atoms with Crippen LogP contribution in [0.1, 0.15) is 29.8 Å². The number of rotatable bonds is 4. The number of amides is 2. The average Bonchev–Trinajstić information content (AvgIpc) is 2.52. The molecule has 1 saturated heterocycles. The predicted molar refractivity (Wildman–Crippen MR) is 91.3 cm³/mol. The number of likely N-dealkylation sites (N-methyl/N-ethyl adjacent to an activating group) is 1. The second-order valence-electron chi connectivity index (χ2n) is 6.69. The molecule has 0 aromatic heterocycles. The van der Waals surface area contributed by atoms with Gasteiger partial charge in [-0.2, -0.15) is 0 Å². The number of nitrogens with one attached hydrogen (secondary N) is 1. The lowest BCUT2D eigenvalue weighted by Gasteiger charge is -2.35. The van der Waals surface area contributed by atoms with Crippen LogP contribution in [0.3, 0.4) is 0 Å². The molecule has 1 aromatic rings. The van der Waals surface area contributed by atoms with Gasteiger partial charge in [0.15, 0.2) is 0 Å². The lowest BCUT2D eigenvalue weighted by atomic mass is 10.0. The normalized spacial score (nSPS) is 17.2. The van der Waals surface area contributed by atoms with Gasteiger partial charge in [-0.1, -0.05) is 31.5 Å². The second kappa shape index (κ2) is 7.59. The summed E-state index contributed by atoms with van der Waals surface area (Å²) in [4.78, 5) is 29.3. The molecule has 1 aromatic carbocycles. The van der Waals surface area contributed by atoms with Crippen molar-refractivity contribution >= 4 is 11.8 Å². The molecule has 0 spiro atoms. The van der Waals surface area contributed by atoms with Gasteiger partial charge in [0.05, 0.1) is 0 Å². The third-order valence-corrected chi connectivity index (χ3v) is 4.31. The van der Waals surface area contributed by atoms with Gasteiger partial charge in [0, 0.05) is 31.7 Å². The Morgan fingerprint density at radius 3 is 2.35 bits per heavy atom. The first kappa shape index (κ1) is 17.5. The van der Waals surface area contributed by atoms with Crippen molar-refractivity contribution in [2.45, 2.75) is 26.8 Å². The van der Waals surface area contributed by atoms with Gasteiger partial charge in [-0.3, -0.25) is 9.59 Å². The van der Waals surface area contributed by atoms with Gasteiger partial charge in [0.25, 0.3) is 5.91 Å². The zero-order valence-electron chi connectivity index (χ0n) is 14.5. The smallest absolute Gasteiger partial charge is 0.251 e. The van der Waals surface area contributed by atoms with Crippen LogP contribution in [0.2, 0.25) is 0 Å². The molecule has 2 amide bonds. The standard InChI is InChI=1S/C18H27N3O2/c1-13(2)16(18(23)21-10-8-20(4)9-11-21)19-17(22)15-7-5-6-14(3)12-15/h5-7,12-13,16H,8-11H2,1-4H3,(H,19,22). The molecule has 0 radical (unpaired) electrons. The van der Waals surface area contributed by atoms with Crippen LogP contribution in [0.15, 0.2) is 24.3 Å². The molecule has 1 fully saturated rings. The molecule has 2 rings (SSSR count). The molecule has 126 valence electrons. The molecule has 1 heterocycles. The van der Waals surface area contributed by atoms with Gasteiger partial charge in [0.2, 0.25) is 5.91 Å². The van der Waals surface area contributed by atoms with E-state index >= 15 is 0 Å². The Hall–Kier alpha value is -1.88. The monoisotopic (exact) mass is 317 g/mol. The summed E-state index contributed by atoms with van der Waals surface area (Å²) in [5.41, 5.74) is 1.63. The molecule has 0 bridgehead atoms. The molecule has 1 aliphatic rings. The Morgan fingerprint density at radius 1 is 1.13 bits per heavy atom. The molecule has 0 aliphatic carbocycles. The number of nitrogens with zero attached hydrogens (tertiary/aromatic N) is 2. The van der Waals surface area contributed by atoms with Crippen molar-refractivity contribution in [3.63, 3.8) is 0 Å². The van der Waals surface area contributed by atoms with E-state index in [1.165, 1.54) is 0 Å². The van der Waals surface area contributed by atoms with E-state index in [4.69, 9.17) is 0 Å². The number of carbonyl (C=O) groups is 2. The van der Waals surface area contributed by atoms with Crippen molar-refractivity contribution in [1.29, 1.82) is 0 Å². The minimum atomic E-state index is -0.480. The summed E-state index contributed by atoms with van der Waals surface area (Å²) in [6.45, 7) is 9.08. The quantitative estimate of drug-likeness (QED) is 0.916. The van der Waals surface area contributed by atoms with Crippen LogP contribution < -0.4 is 5.32 Å². The Morgan fingerprint density at radius 2 is 1.78 bits per heavy atom. The van der Waals surface area contributed by atoms with E-state index in [0.29, 0.717) is 5.56 Å². The van der Waals surface area contributed by atoms with Gasteiger partial charge in [-0.15, -0.1) is 0 Å². The highest BCUT2D eigenvalue weighted by Gasteiger charge is 2.30. The molecule has 1 unspecified atom stereocenters. The predicted octanol–water partition coefficient (Wildman–Crippen LogP) is 1.52. The minimum absolute atomic E-state index is 0.0223. The summed E-state index contributed by atoms with van der Waals surface area (Å²) in [7, 11) is 2.06. The second-order valence-corrected chi connectivity index (χ2v) is 6.69. The highest BCUT2D eigenvalue weighted by molar-refractivity contribution is 5.97. The zero-order valence-corrected chi connectivity index (χ0v) is 14.5. The maximum atomic E-state index is 12.8. The van der Waals surface area contributed by atoms with E-state index in [2.05, 4.69) is 17.3 Å². The zero-order chi connectivity index (χ0) is 17.0. The van der Waals surface area contributed by atoms with Crippen LogP contribution in [0.25, 0.3) is 0 Å². The Bertz CT molecular complexity index is 563. The topological polar surface area (TPSA) is 52.7 Å². The van der Waals surface area contributed by atoms with Crippen molar-refractivity contribution in [3.05, 3.63) is 35.4 Å². The lowest BCUT2D eigenvalue weighted by molar-refractivity contribution is -0.135. The number of hydrogen-bond acceptors (Lipinski definition) is 3. The van der Waals surface area contributed by atoms with Crippen molar-refractivity contribution in [2.24, 2.45) is 5.92 Å². The summed E-state index contributed by atoms with van der Waals surface area (Å²) in [5, 5.41) is 2.92. The summed E-state index contributed by atoms with van der Waals surface area (Å²) < 4.78 is 0. The van der Waals surface area contributed by atoms with Gasteiger partial charge < -0.3 is 15.1 Å². The van der Waals surface area contributed by atoms with E-state index in [0.717, 1.165) is 31.7 Å². The highest BCUT2D eigenvalue weighted by Crippen LogP contribution is 2.11. The SMILES string of the molecule is Cc1cccc(C(=O)NC(C(=O)N2CCN(C)CC2)C(C)C)c1. The molecule has 0 saturated carbocycles. The first-order valence-electron chi connectivity index (χ1n) is 8.23. The number of hydrogen-bond donors (Lipinski definition) is 1. The lowest BCUT2D eigenvalue weighted by Crippen LogP contribution is -2.55. The van der Waals surface area contributed by atoms with Crippen LogP contribution in [-0.4, -0.2) is 60.9 Å².